The number of hydrogen-bond acceptors (Lipinski definition) is 6. The molecule has 0 aromatic carbocycles. The Kier molecular flexibility index (Phi) is 5.22. The average Bonchev–Trinajstić information content (AvgIpc) is 3.24. The van der Waals surface area contributed by atoms with Crippen LogP contribution in [-0.2, 0) is 24.3 Å². The first-order valence-corrected chi connectivity index (χ1v) is 8.48. The highest BCUT2D eigenvalue weighted by atomic mass is 32.1. The molecule has 0 aliphatic carbocycles. The highest BCUT2D eigenvalue weighted by Crippen LogP contribution is 2.15. The van der Waals surface area contributed by atoms with Crippen LogP contribution in [0, 0.1) is 0 Å². The van der Waals surface area contributed by atoms with Crippen molar-refractivity contribution in [3.8, 4) is 0 Å². The van der Waals surface area contributed by atoms with Gasteiger partial charge >= 0.3 is 0 Å². The van der Waals surface area contributed by atoms with E-state index in [1.807, 2.05) is 35.7 Å². The Balaban J connectivity index is 1.66. The molecule has 24 heavy (non-hydrogen) atoms. The first kappa shape index (κ1) is 16.2. The molecule has 2 N–H and O–H groups in total. The van der Waals surface area contributed by atoms with Crippen molar-refractivity contribution in [1.29, 1.82) is 0 Å². The Morgan fingerprint density at radius 3 is 2.79 bits per heavy atom. The van der Waals surface area contributed by atoms with Crippen molar-refractivity contribution >= 4 is 22.4 Å². The lowest BCUT2D eigenvalue weighted by molar-refractivity contribution is -0.132. The summed E-state index contributed by atoms with van der Waals surface area (Å²) < 4.78 is 5.38. The van der Waals surface area contributed by atoms with Crippen LogP contribution in [0.5, 0.6) is 0 Å². The van der Waals surface area contributed by atoms with Gasteiger partial charge in [0.25, 0.3) is 0 Å². The maximum Gasteiger partial charge on any atom is 0.223 e. The highest BCUT2D eigenvalue weighted by Gasteiger charge is 2.17. The van der Waals surface area contributed by atoms with E-state index < -0.39 is 0 Å². The largest absolute Gasteiger partial charge is 0.467 e. The average molecular weight is 342 g/mol. The zero-order valence-corrected chi connectivity index (χ0v) is 13.9. The lowest BCUT2D eigenvalue weighted by atomic mass is 10.2. The molecule has 3 aromatic heterocycles. The van der Waals surface area contributed by atoms with Crippen LogP contribution in [0.15, 0.2) is 52.6 Å². The summed E-state index contributed by atoms with van der Waals surface area (Å²) >= 11 is 1.39. The van der Waals surface area contributed by atoms with Gasteiger partial charge in [-0.15, -0.1) is 11.3 Å². The van der Waals surface area contributed by atoms with Crippen LogP contribution in [-0.4, -0.2) is 20.8 Å². The molecule has 0 atom stereocenters. The number of thiazole rings is 1. The minimum Gasteiger partial charge on any atom is -0.467 e. The molecule has 0 spiro atoms. The Morgan fingerprint density at radius 1 is 1.21 bits per heavy atom. The van der Waals surface area contributed by atoms with Crippen LogP contribution in [0.25, 0.3) is 0 Å². The van der Waals surface area contributed by atoms with Gasteiger partial charge in [0.05, 0.1) is 30.7 Å². The summed E-state index contributed by atoms with van der Waals surface area (Å²) in [5.74, 6) is 0.779. The molecule has 0 saturated heterocycles. The third-order valence-electron chi connectivity index (χ3n) is 3.52. The molecule has 0 saturated carbocycles. The van der Waals surface area contributed by atoms with Gasteiger partial charge < -0.3 is 15.1 Å². The quantitative estimate of drug-likeness (QED) is 0.713. The molecule has 0 bridgehead atoms. The summed E-state index contributed by atoms with van der Waals surface area (Å²) in [4.78, 5) is 22.9. The second-order valence-electron chi connectivity index (χ2n) is 5.33. The predicted molar refractivity (Wildman–Crippen MR) is 92.0 cm³/mol. The van der Waals surface area contributed by atoms with Crippen LogP contribution in [0.2, 0.25) is 0 Å². The van der Waals surface area contributed by atoms with E-state index in [2.05, 4.69) is 9.97 Å². The molecular weight excluding hydrogens is 324 g/mol. The summed E-state index contributed by atoms with van der Waals surface area (Å²) in [6.07, 6.45) is 4.28. The van der Waals surface area contributed by atoms with Crippen molar-refractivity contribution in [2.75, 3.05) is 5.73 Å². The fourth-order valence-electron chi connectivity index (χ4n) is 2.34. The third-order valence-corrected chi connectivity index (χ3v) is 4.25. The fraction of sp³-hybridized carbons (Fsp3) is 0.235. The van der Waals surface area contributed by atoms with E-state index >= 15 is 0 Å². The van der Waals surface area contributed by atoms with Crippen molar-refractivity contribution in [2.24, 2.45) is 0 Å². The van der Waals surface area contributed by atoms with E-state index in [1.54, 1.807) is 17.4 Å². The molecule has 0 unspecified atom stereocenters. The maximum atomic E-state index is 12.7. The minimum absolute atomic E-state index is 0.0311. The molecule has 1 amide bonds. The smallest absolute Gasteiger partial charge is 0.223 e. The number of nitrogens with two attached hydrogens (primary N) is 1. The van der Waals surface area contributed by atoms with Crippen LogP contribution in [0.3, 0.4) is 0 Å². The molecule has 3 aromatic rings. The normalized spacial score (nSPS) is 10.7. The summed E-state index contributed by atoms with van der Waals surface area (Å²) in [6.45, 7) is 0.862. The molecule has 3 rings (SSSR count). The van der Waals surface area contributed by atoms with E-state index in [9.17, 15) is 4.79 Å². The number of amides is 1. The van der Waals surface area contributed by atoms with Crippen molar-refractivity contribution in [2.45, 2.75) is 25.9 Å². The third kappa shape index (κ3) is 4.42. The monoisotopic (exact) mass is 342 g/mol. The second kappa shape index (κ2) is 7.74. The number of carbonyl (C=O) groups excluding carboxylic acids is 1. The number of aryl methyl sites for hydroxylation is 1. The van der Waals surface area contributed by atoms with Crippen LogP contribution >= 0.6 is 11.3 Å². The number of carbonyl (C=O) groups is 1. The molecular formula is C17H18N4O2S. The number of aromatic nitrogens is 2. The number of pyridine rings is 1. The lowest BCUT2D eigenvalue weighted by Gasteiger charge is -2.21. The Labute approximate surface area is 144 Å². The molecule has 0 fully saturated rings. The topological polar surface area (TPSA) is 85.2 Å². The second-order valence-corrected chi connectivity index (χ2v) is 6.22. The van der Waals surface area contributed by atoms with Crippen LogP contribution in [0.4, 0.5) is 5.13 Å². The lowest BCUT2D eigenvalue weighted by Crippen LogP contribution is -2.30. The van der Waals surface area contributed by atoms with Crippen molar-refractivity contribution in [1.82, 2.24) is 14.9 Å². The van der Waals surface area contributed by atoms with Gasteiger partial charge in [-0.05, 0) is 30.7 Å². The molecule has 124 valence electrons. The number of nitrogen functional groups attached to an aromatic ring is 1. The number of hydrogen-bond donors (Lipinski definition) is 1. The van der Waals surface area contributed by atoms with Gasteiger partial charge in [-0.3, -0.25) is 9.78 Å². The van der Waals surface area contributed by atoms with Crippen molar-refractivity contribution in [3.63, 3.8) is 0 Å². The Morgan fingerprint density at radius 2 is 2.12 bits per heavy atom. The fourth-order valence-corrected chi connectivity index (χ4v) is 2.94. The number of furan rings is 1. The molecule has 0 aliphatic rings. The van der Waals surface area contributed by atoms with E-state index in [4.69, 9.17) is 10.2 Å². The zero-order chi connectivity index (χ0) is 16.8. The number of rotatable bonds is 7. The van der Waals surface area contributed by atoms with E-state index in [1.165, 1.54) is 11.3 Å². The maximum absolute atomic E-state index is 12.7. The van der Waals surface area contributed by atoms with Gasteiger partial charge in [0.1, 0.15) is 5.76 Å². The minimum atomic E-state index is 0.0311. The van der Waals surface area contributed by atoms with E-state index in [0.29, 0.717) is 31.1 Å². The van der Waals surface area contributed by atoms with Gasteiger partial charge in [0.15, 0.2) is 5.13 Å². The van der Waals surface area contributed by atoms with Gasteiger partial charge in [-0.25, -0.2) is 4.98 Å². The predicted octanol–water partition coefficient (Wildman–Crippen LogP) is 2.87. The molecule has 6 nitrogen and oxygen atoms in total. The molecule has 3 heterocycles. The van der Waals surface area contributed by atoms with Gasteiger partial charge in [0.2, 0.25) is 5.91 Å². The SMILES string of the molecule is Nc1nc(CCC(=O)N(Cc2ccccn2)Cc2ccco2)cs1. The summed E-state index contributed by atoms with van der Waals surface area (Å²) in [5, 5.41) is 2.41. The Hall–Kier alpha value is -2.67. The number of nitrogens with zero attached hydrogens (tertiary/aromatic N) is 3. The standard InChI is InChI=1S/C17H18N4O2S/c18-17-20-14(12-24-17)6-7-16(22)21(11-15-5-3-9-23-15)10-13-4-1-2-8-19-13/h1-5,8-9,12H,6-7,10-11H2,(H2,18,20). The summed E-state index contributed by atoms with van der Waals surface area (Å²) in [7, 11) is 0. The summed E-state index contributed by atoms with van der Waals surface area (Å²) in [5.41, 5.74) is 7.32. The van der Waals surface area contributed by atoms with Gasteiger partial charge in [-0.1, -0.05) is 6.07 Å². The van der Waals surface area contributed by atoms with Gasteiger partial charge in [0, 0.05) is 18.0 Å². The van der Waals surface area contributed by atoms with E-state index in [-0.39, 0.29) is 5.91 Å². The van der Waals surface area contributed by atoms with Crippen molar-refractivity contribution in [3.05, 3.63) is 65.3 Å². The molecule has 0 aliphatic heterocycles. The van der Waals surface area contributed by atoms with Crippen LogP contribution in [0.1, 0.15) is 23.6 Å². The van der Waals surface area contributed by atoms with Crippen LogP contribution < -0.4 is 5.73 Å². The molecule has 7 heteroatoms. The number of anilines is 1. The van der Waals surface area contributed by atoms with Crippen molar-refractivity contribution < 1.29 is 9.21 Å². The zero-order valence-electron chi connectivity index (χ0n) is 13.1. The molecule has 0 radical (unpaired) electrons. The van der Waals surface area contributed by atoms with Gasteiger partial charge in [-0.2, -0.15) is 0 Å². The first-order valence-electron chi connectivity index (χ1n) is 7.60. The highest BCUT2D eigenvalue weighted by molar-refractivity contribution is 7.13. The first-order chi connectivity index (χ1) is 11.7. The van der Waals surface area contributed by atoms with E-state index in [0.717, 1.165) is 17.1 Å². The summed E-state index contributed by atoms with van der Waals surface area (Å²) in [6, 6.07) is 9.35. The Bertz CT molecular complexity index is 771.